The summed E-state index contributed by atoms with van der Waals surface area (Å²) >= 11 is 0. The highest BCUT2D eigenvalue weighted by atomic mass is 19.1. The van der Waals surface area contributed by atoms with Gasteiger partial charge in [0.25, 0.3) is 5.91 Å². The quantitative estimate of drug-likeness (QED) is 0.749. The van der Waals surface area contributed by atoms with Crippen molar-refractivity contribution in [2.24, 2.45) is 0 Å². The molecule has 4 nitrogen and oxygen atoms in total. The van der Waals surface area contributed by atoms with E-state index in [0.717, 1.165) is 6.07 Å². The summed E-state index contributed by atoms with van der Waals surface area (Å²) in [5.74, 6) is -0.883. The molecule has 1 aliphatic rings. The second kappa shape index (κ2) is 4.71. The average Bonchev–Trinajstić information content (AvgIpc) is 2.28. The van der Waals surface area contributed by atoms with Gasteiger partial charge < -0.3 is 15.4 Å². The molecule has 1 aromatic carbocycles. The largest absolute Gasteiger partial charge is 0.399 e. The fourth-order valence-corrected chi connectivity index (χ4v) is 1.88. The van der Waals surface area contributed by atoms with Crippen LogP contribution in [-0.2, 0) is 4.74 Å². The fraction of sp³-hybridized carbons (Fsp3) is 0.417. The van der Waals surface area contributed by atoms with Crippen LogP contribution in [0.25, 0.3) is 0 Å². The molecule has 5 heteroatoms. The molecule has 1 saturated heterocycles. The number of nitrogens with two attached hydrogens (primary N) is 1. The second-order valence-electron chi connectivity index (χ2n) is 4.17. The van der Waals surface area contributed by atoms with Crippen molar-refractivity contribution in [1.82, 2.24) is 4.90 Å². The van der Waals surface area contributed by atoms with Crippen LogP contribution in [0.5, 0.6) is 0 Å². The van der Waals surface area contributed by atoms with Crippen LogP contribution in [-0.4, -0.2) is 36.6 Å². The molecule has 0 aliphatic carbocycles. The summed E-state index contributed by atoms with van der Waals surface area (Å²) in [6, 6.07) is 4.12. The first-order valence-corrected chi connectivity index (χ1v) is 5.54. The minimum atomic E-state index is -0.575. The molecular formula is C12H15FN2O2. The highest BCUT2D eigenvalue weighted by molar-refractivity contribution is 5.94. The minimum absolute atomic E-state index is 0.00968. The molecule has 0 saturated carbocycles. The lowest BCUT2D eigenvalue weighted by molar-refractivity contribution is -0.0125. The van der Waals surface area contributed by atoms with Gasteiger partial charge in [0.05, 0.1) is 18.3 Å². The van der Waals surface area contributed by atoms with Crippen LogP contribution >= 0.6 is 0 Å². The van der Waals surface area contributed by atoms with Crippen LogP contribution in [0.2, 0.25) is 0 Å². The van der Waals surface area contributed by atoms with Crippen LogP contribution in [0.15, 0.2) is 18.2 Å². The van der Waals surface area contributed by atoms with E-state index in [0.29, 0.717) is 25.4 Å². The average molecular weight is 238 g/mol. The number of hydrogen-bond donors (Lipinski definition) is 1. The summed E-state index contributed by atoms with van der Waals surface area (Å²) in [5, 5.41) is 0. The zero-order valence-corrected chi connectivity index (χ0v) is 9.65. The number of amides is 1. The Kier molecular flexibility index (Phi) is 3.28. The summed E-state index contributed by atoms with van der Waals surface area (Å²) in [4.78, 5) is 13.7. The monoisotopic (exact) mass is 238 g/mol. The minimum Gasteiger partial charge on any atom is -0.399 e. The zero-order valence-electron chi connectivity index (χ0n) is 9.65. The number of carbonyl (C=O) groups is 1. The maximum atomic E-state index is 13.6. The van der Waals surface area contributed by atoms with E-state index in [1.54, 1.807) is 4.90 Å². The molecule has 92 valence electrons. The first-order chi connectivity index (χ1) is 8.08. The van der Waals surface area contributed by atoms with E-state index in [2.05, 4.69) is 0 Å². The van der Waals surface area contributed by atoms with Gasteiger partial charge in [0.15, 0.2) is 0 Å². The summed E-state index contributed by atoms with van der Waals surface area (Å²) < 4.78 is 18.9. The Morgan fingerprint density at radius 3 is 3.00 bits per heavy atom. The van der Waals surface area contributed by atoms with Crippen molar-refractivity contribution in [3.05, 3.63) is 29.6 Å². The van der Waals surface area contributed by atoms with Crippen LogP contribution in [0.3, 0.4) is 0 Å². The van der Waals surface area contributed by atoms with Crippen molar-refractivity contribution >= 4 is 11.6 Å². The Morgan fingerprint density at radius 1 is 1.59 bits per heavy atom. The highest BCUT2D eigenvalue weighted by Crippen LogP contribution is 2.16. The molecule has 1 aliphatic heterocycles. The van der Waals surface area contributed by atoms with E-state index in [-0.39, 0.29) is 17.6 Å². The van der Waals surface area contributed by atoms with E-state index >= 15 is 0 Å². The third-order valence-corrected chi connectivity index (χ3v) is 2.75. The molecule has 1 fully saturated rings. The SMILES string of the molecule is C[C@@H]1CN(C(=O)c2ccc(N)cc2F)CCO1. The number of halogens is 1. The van der Waals surface area contributed by atoms with E-state index in [1.807, 2.05) is 6.92 Å². The number of morpholine rings is 1. The predicted molar refractivity (Wildman–Crippen MR) is 62.1 cm³/mol. The summed E-state index contributed by atoms with van der Waals surface area (Å²) in [6.07, 6.45) is -0.00968. The molecule has 2 N–H and O–H groups in total. The van der Waals surface area contributed by atoms with Crippen molar-refractivity contribution in [2.45, 2.75) is 13.0 Å². The molecule has 17 heavy (non-hydrogen) atoms. The van der Waals surface area contributed by atoms with Gasteiger partial charge in [-0.05, 0) is 25.1 Å². The van der Waals surface area contributed by atoms with E-state index in [4.69, 9.17) is 10.5 Å². The number of ether oxygens (including phenoxy) is 1. The third-order valence-electron chi connectivity index (χ3n) is 2.75. The molecule has 1 amide bonds. The molecule has 0 unspecified atom stereocenters. The fourth-order valence-electron chi connectivity index (χ4n) is 1.88. The van der Waals surface area contributed by atoms with E-state index < -0.39 is 5.82 Å². The molecule has 0 radical (unpaired) electrons. The Labute approximate surface area is 99.2 Å². The number of anilines is 1. The van der Waals surface area contributed by atoms with Gasteiger partial charge in [-0.3, -0.25) is 4.79 Å². The van der Waals surface area contributed by atoms with Gasteiger partial charge in [0.1, 0.15) is 5.82 Å². The van der Waals surface area contributed by atoms with Gasteiger partial charge >= 0.3 is 0 Å². The number of nitrogens with zero attached hydrogens (tertiary/aromatic N) is 1. The maximum absolute atomic E-state index is 13.6. The molecule has 0 spiro atoms. The molecule has 0 bridgehead atoms. The van der Waals surface area contributed by atoms with Crippen molar-refractivity contribution < 1.29 is 13.9 Å². The Balaban J connectivity index is 2.18. The van der Waals surface area contributed by atoms with Crippen molar-refractivity contribution in [1.29, 1.82) is 0 Å². The number of hydrogen-bond acceptors (Lipinski definition) is 3. The number of carbonyl (C=O) groups excluding carboxylic acids is 1. The smallest absolute Gasteiger partial charge is 0.256 e. The first kappa shape index (κ1) is 11.9. The molecule has 1 atom stereocenters. The number of rotatable bonds is 1. The van der Waals surface area contributed by atoms with Gasteiger partial charge in [-0.15, -0.1) is 0 Å². The molecular weight excluding hydrogens is 223 g/mol. The predicted octanol–water partition coefficient (Wildman–Crippen LogP) is 1.27. The van der Waals surface area contributed by atoms with Gasteiger partial charge in [-0.1, -0.05) is 0 Å². The third kappa shape index (κ3) is 2.55. The number of nitrogen functional groups attached to an aromatic ring is 1. The molecule has 0 aromatic heterocycles. The van der Waals surface area contributed by atoms with Gasteiger partial charge in [0, 0.05) is 18.8 Å². The summed E-state index contributed by atoms with van der Waals surface area (Å²) in [5.41, 5.74) is 5.82. The lowest BCUT2D eigenvalue weighted by atomic mass is 10.1. The Hall–Kier alpha value is -1.62. The summed E-state index contributed by atoms with van der Waals surface area (Å²) in [7, 11) is 0. The lowest BCUT2D eigenvalue weighted by Crippen LogP contribution is -2.44. The van der Waals surface area contributed by atoms with Crippen molar-refractivity contribution in [3.8, 4) is 0 Å². The first-order valence-electron chi connectivity index (χ1n) is 5.54. The van der Waals surface area contributed by atoms with E-state index in [1.165, 1.54) is 12.1 Å². The van der Waals surface area contributed by atoms with Crippen molar-refractivity contribution in [2.75, 3.05) is 25.4 Å². The highest BCUT2D eigenvalue weighted by Gasteiger charge is 2.24. The molecule has 1 aromatic rings. The van der Waals surface area contributed by atoms with Crippen LogP contribution in [0.1, 0.15) is 17.3 Å². The standard InChI is InChI=1S/C12H15FN2O2/c1-8-7-15(4-5-17-8)12(16)10-3-2-9(14)6-11(10)13/h2-3,6,8H,4-5,7,14H2,1H3/t8-/m1/s1. The van der Waals surface area contributed by atoms with Crippen molar-refractivity contribution in [3.63, 3.8) is 0 Å². The topological polar surface area (TPSA) is 55.6 Å². The summed E-state index contributed by atoms with van der Waals surface area (Å²) in [6.45, 7) is 3.36. The molecule has 1 heterocycles. The zero-order chi connectivity index (χ0) is 12.4. The van der Waals surface area contributed by atoms with Gasteiger partial charge in [0.2, 0.25) is 0 Å². The van der Waals surface area contributed by atoms with Crippen LogP contribution in [0, 0.1) is 5.82 Å². The van der Waals surface area contributed by atoms with Crippen LogP contribution in [0.4, 0.5) is 10.1 Å². The maximum Gasteiger partial charge on any atom is 0.256 e. The lowest BCUT2D eigenvalue weighted by Gasteiger charge is -2.31. The van der Waals surface area contributed by atoms with Gasteiger partial charge in [-0.25, -0.2) is 4.39 Å². The number of benzene rings is 1. The van der Waals surface area contributed by atoms with E-state index in [9.17, 15) is 9.18 Å². The normalized spacial score (nSPS) is 20.4. The Bertz CT molecular complexity index is 437. The van der Waals surface area contributed by atoms with Gasteiger partial charge in [-0.2, -0.15) is 0 Å². The molecule has 2 rings (SSSR count). The Morgan fingerprint density at radius 2 is 2.35 bits per heavy atom. The van der Waals surface area contributed by atoms with Crippen LogP contribution < -0.4 is 5.73 Å². The second-order valence-corrected chi connectivity index (χ2v) is 4.17.